The van der Waals surface area contributed by atoms with Gasteiger partial charge in [-0.05, 0) is 25.0 Å². The molecule has 2 aromatic rings. The minimum atomic E-state index is -0.843. The summed E-state index contributed by atoms with van der Waals surface area (Å²) in [5, 5.41) is 20.6. The molecule has 0 spiro atoms. The van der Waals surface area contributed by atoms with E-state index in [0.29, 0.717) is 31.7 Å². The fourth-order valence-electron chi connectivity index (χ4n) is 2.76. The molecule has 1 saturated heterocycles. The van der Waals surface area contributed by atoms with Crippen molar-refractivity contribution in [2.45, 2.75) is 12.8 Å². The SMILES string of the molecule is O=C(O)C1CCN(c2ncnc(Oc3ccccc3)c2[N+](=O)[O-])CC1. The average Bonchev–Trinajstić information content (AvgIpc) is 2.62. The fourth-order valence-corrected chi connectivity index (χ4v) is 2.76. The zero-order valence-electron chi connectivity index (χ0n) is 13.2. The Morgan fingerprint density at radius 1 is 1.24 bits per heavy atom. The Bertz CT molecular complexity index is 775. The molecule has 2 heterocycles. The summed E-state index contributed by atoms with van der Waals surface area (Å²) in [6, 6.07) is 8.65. The van der Waals surface area contributed by atoms with Crippen LogP contribution in [0.4, 0.5) is 11.5 Å². The van der Waals surface area contributed by atoms with Gasteiger partial charge in [0.05, 0.1) is 10.8 Å². The van der Waals surface area contributed by atoms with Crippen molar-refractivity contribution in [2.24, 2.45) is 5.92 Å². The number of benzene rings is 1. The molecular formula is C16H16N4O5. The quantitative estimate of drug-likeness (QED) is 0.649. The van der Waals surface area contributed by atoms with E-state index in [1.165, 1.54) is 6.33 Å². The molecule has 1 aromatic heterocycles. The van der Waals surface area contributed by atoms with Crippen LogP contribution in [0.5, 0.6) is 11.6 Å². The zero-order chi connectivity index (χ0) is 17.8. The van der Waals surface area contributed by atoms with E-state index in [1.54, 1.807) is 35.2 Å². The number of rotatable bonds is 5. The van der Waals surface area contributed by atoms with Crippen LogP contribution in [0.2, 0.25) is 0 Å². The zero-order valence-corrected chi connectivity index (χ0v) is 13.2. The summed E-state index contributed by atoms with van der Waals surface area (Å²) >= 11 is 0. The number of ether oxygens (including phenoxy) is 1. The van der Waals surface area contributed by atoms with Crippen molar-refractivity contribution >= 4 is 17.5 Å². The second-order valence-corrected chi connectivity index (χ2v) is 5.62. The molecule has 0 aliphatic carbocycles. The van der Waals surface area contributed by atoms with Crippen molar-refractivity contribution < 1.29 is 19.6 Å². The van der Waals surface area contributed by atoms with E-state index >= 15 is 0 Å². The third-order valence-corrected chi connectivity index (χ3v) is 4.05. The Morgan fingerprint density at radius 3 is 2.52 bits per heavy atom. The first-order valence-electron chi connectivity index (χ1n) is 7.76. The topological polar surface area (TPSA) is 119 Å². The van der Waals surface area contributed by atoms with Crippen molar-refractivity contribution in [1.82, 2.24) is 9.97 Å². The van der Waals surface area contributed by atoms with Crippen LogP contribution < -0.4 is 9.64 Å². The summed E-state index contributed by atoms with van der Waals surface area (Å²) in [6.07, 6.45) is 2.03. The van der Waals surface area contributed by atoms with Gasteiger partial charge in [0.15, 0.2) is 0 Å². The van der Waals surface area contributed by atoms with Crippen LogP contribution in [0.1, 0.15) is 12.8 Å². The number of hydrogen-bond donors (Lipinski definition) is 1. The smallest absolute Gasteiger partial charge is 0.373 e. The predicted molar refractivity (Wildman–Crippen MR) is 87.8 cm³/mol. The van der Waals surface area contributed by atoms with E-state index in [0.717, 1.165) is 0 Å². The number of carbonyl (C=O) groups is 1. The maximum atomic E-state index is 11.6. The van der Waals surface area contributed by atoms with Crippen molar-refractivity contribution in [3.8, 4) is 11.6 Å². The van der Waals surface area contributed by atoms with Crippen molar-refractivity contribution in [3.05, 3.63) is 46.8 Å². The molecule has 0 amide bonds. The first kappa shape index (κ1) is 16.6. The van der Waals surface area contributed by atoms with Crippen LogP contribution in [0.15, 0.2) is 36.7 Å². The summed E-state index contributed by atoms with van der Waals surface area (Å²) < 4.78 is 5.55. The highest BCUT2D eigenvalue weighted by molar-refractivity contribution is 5.71. The highest BCUT2D eigenvalue weighted by Gasteiger charge is 2.32. The lowest BCUT2D eigenvalue weighted by molar-refractivity contribution is -0.385. The second-order valence-electron chi connectivity index (χ2n) is 5.62. The van der Waals surface area contributed by atoms with Gasteiger partial charge in [0.25, 0.3) is 0 Å². The molecule has 0 atom stereocenters. The molecule has 130 valence electrons. The van der Waals surface area contributed by atoms with Crippen molar-refractivity contribution in [2.75, 3.05) is 18.0 Å². The van der Waals surface area contributed by atoms with E-state index in [9.17, 15) is 14.9 Å². The van der Waals surface area contributed by atoms with Crippen LogP contribution in [0, 0.1) is 16.0 Å². The molecule has 3 rings (SSSR count). The molecule has 0 unspecified atom stereocenters. The number of para-hydroxylation sites is 1. The van der Waals surface area contributed by atoms with E-state index in [-0.39, 0.29) is 17.4 Å². The fraction of sp³-hybridized carbons (Fsp3) is 0.312. The molecular weight excluding hydrogens is 328 g/mol. The van der Waals surface area contributed by atoms with Gasteiger partial charge >= 0.3 is 17.5 Å². The Morgan fingerprint density at radius 2 is 1.92 bits per heavy atom. The Balaban J connectivity index is 1.88. The highest BCUT2D eigenvalue weighted by atomic mass is 16.6. The van der Waals surface area contributed by atoms with Gasteiger partial charge in [0, 0.05) is 13.1 Å². The Labute approximate surface area is 143 Å². The van der Waals surface area contributed by atoms with E-state index in [4.69, 9.17) is 9.84 Å². The van der Waals surface area contributed by atoms with E-state index in [2.05, 4.69) is 9.97 Å². The van der Waals surface area contributed by atoms with Gasteiger partial charge < -0.3 is 14.7 Å². The number of aliphatic carboxylic acids is 1. The summed E-state index contributed by atoms with van der Waals surface area (Å²) in [5.74, 6) is -0.835. The third-order valence-electron chi connectivity index (χ3n) is 4.05. The maximum absolute atomic E-state index is 11.6. The van der Waals surface area contributed by atoms with Gasteiger partial charge in [-0.1, -0.05) is 18.2 Å². The molecule has 0 radical (unpaired) electrons. The molecule has 0 saturated carbocycles. The van der Waals surface area contributed by atoms with Crippen LogP contribution >= 0.6 is 0 Å². The van der Waals surface area contributed by atoms with Crippen LogP contribution in [-0.4, -0.2) is 39.1 Å². The lowest BCUT2D eigenvalue weighted by Crippen LogP contribution is -2.37. The molecule has 9 nitrogen and oxygen atoms in total. The molecule has 1 aliphatic rings. The molecule has 0 bridgehead atoms. The number of nitrogens with zero attached hydrogens (tertiary/aromatic N) is 4. The van der Waals surface area contributed by atoms with Gasteiger partial charge in [-0.2, -0.15) is 4.98 Å². The summed E-state index contributed by atoms with van der Waals surface area (Å²) in [4.78, 5) is 31.7. The predicted octanol–water partition coefficient (Wildman–Crippen LogP) is 2.48. The van der Waals surface area contributed by atoms with Gasteiger partial charge in [0.2, 0.25) is 5.82 Å². The van der Waals surface area contributed by atoms with Crippen LogP contribution in [0.25, 0.3) is 0 Å². The van der Waals surface area contributed by atoms with Gasteiger partial charge in [-0.15, -0.1) is 0 Å². The molecule has 1 aromatic carbocycles. The average molecular weight is 344 g/mol. The third kappa shape index (κ3) is 3.65. The summed E-state index contributed by atoms with van der Waals surface area (Å²) in [7, 11) is 0. The standard InChI is InChI=1S/C16H16N4O5/c21-16(22)11-6-8-19(9-7-11)14-13(20(23)24)15(18-10-17-14)25-12-4-2-1-3-5-12/h1-5,10-11H,6-9H2,(H,21,22). The molecule has 25 heavy (non-hydrogen) atoms. The normalized spacial score (nSPS) is 15.0. The second kappa shape index (κ2) is 7.12. The molecule has 1 aliphatic heterocycles. The largest absolute Gasteiger partial charge is 0.481 e. The monoisotopic (exact) mass is 344 g/mol. The molecule has 9 heteroatoms. The Kier molecular flexibility index (Phi) is 4.73. The minimum absolute atomic E-state index is 0.137. The number of nitro groups is 1. The number of carboxylic acid groups (broad SMARTS) is 1. The van der Waals surface area contributed by atoms with Gasteiger partial charge in [-0.25, -0.2) is 4.98 Å². The maximum Gasteiger partial charge on any atom is 0.373 e. The van der Waals surface area contributed by atoms with Crippen molar-refractivity contribution in [3.63, 3.8) is 0 Å². The van der Waals surface area contributed by atoms with Gasteiger partial charge in [-0.3, -0.25) is 14.9 Å². The van der Waals surface area contributed by atoms with Crippen LogP contribution in [0.3, 0.4) is 0 Å². The highest BCUT2D eigenvalue weighted by Crippen LogP contribution is 2.37. The van der Waals surface area contributed by atoms with Crippen molar-refractivity contribution in [1.29, 1.82) is 0 Å². The molecule has 1 N–H and O–H groups in total. The minimum Gasteiger partial charge on any atom is -0.481 e. The first-order chi connectivity index (χ1) is 12.1. The number of aromatic nitrogens is 2. The number of anilines is 1. The van der Waals surface area contributed by atoms with Crippen LogP contribution in [-0.2, 0) is 4.79 Å². The van der Waals surface area contributed by atoms with Gasteiger partial charge in [0.1, 0.15) is 12.1 Å². The Hall–Kier alpha value is -3.23. The first-order valence-corrected chi connectivity index (χ1v) is 7.76. The molecule has 1 fully saturated rings. The van der Waals surface area contributed by atoms with E-state index < -0.39 is 16.8 Å². The summed E-state index contributed by atoms with van der Waals surface area (Å²) in [6.45, 7) is 0.749. The number of carboxylic acids is 1. The lowest BCUT2D eigenvalue weighted by atomic mass is 9.97. The summed E-state index contributed by atoms with van der Waals surface area (Å²) in [5.41, 5.74) is -0.319. The lowest BCUT2D eigenvalue weighted by Gasteiger charge is -2.30. The number of hydrogen-bond acceptors (Lipinski definition) is 7. The van der Waals surface area contributed by atoms with E-state index in [1.807, 2.05) is 0 Å². The number of piperidine rings is 1.